The molecule has 4 nitrogen and oxygen atoms in total. The quantitative estimate of drug-likeness (QED) is 0.652. The molecular formula is C11H12N4. The summed E-state index contributed by atoms with van der Waals surface area (Å²) in [4.78, 5) is 5.46. The molecule has 3 rings (SSSR count). The lowest BCUT2D eigenvalue weighted by atomic mass is 10.0. The van der Waals surface area contributed by atoms with E-state index in [1.54, 1.807) is 0 Å². The van der Waals surface area contributed by atoms with Gasteiger partial charge in [-0.1, -0.05) is 0 Å². The van der Waals surface area contributed by atoms with E-state index < -0.39 is 0 Å². The predicted octanol–water partition coefficient (Wildman–Crippen LogP) is 0.336. The van der Waals surface area contributed by atoms with E-state index >= 15 is 0 Å². The van der Waals surface area contributed by atoms with E-state index in [-0.39, 0.29) is 0 Å². The van der Waals surface area contributed by atoms with Crippen LogP contribution in [0.25, 0.3) is 11.1 Å². The standard InChI is InChI=1S/C11H12N4/c1-15-3-2-9-10(6-12-7-11(9)15)8-4-13-14-5-8/h4-7,15H,1-3H2,(H,13,14). The number of aromatic nitrogens is 3. The van der Waals surface area contributed by atoms with Gasteiger partial charge in [-0.25, -0.2) is 0 Å². The first kappa shape index (κ1) is 8.61. The van der Waals surface area contributed by atoms with Gasteiger partial charge in [-0.05, 0) is 0 Å². The summed E-state index contributed by atoms with van der Waals surface area (Å²) in [7, 11) is 4.05. The maximum absolute atomic E-state index is 4.26. The van der Waals surface area contributed by atoms with Crippen molar-refractivity contribution in [2.45, 2.75) is 6.42 Å². The number of hydrogen-bond acceptors (Lipinski definition) is 2. The molecule has 15 heavy (non-hydrogen) atoms. The Morgan fingerprint density at radius 1 is 1.33 bits per heavy atom. The van der Waals surface area contributed by atoms with Gasteiger partial charge in [0.1, 0.15) is 5.69 Å². The van der Waals surface area contributed by atoms with Crippen LogP contribution in [-0.4, -0.2) is 21.7 Å². The van der Waals surface area contributed by atoms with Crippen LogP contribution in [0.15, 0.2) is 24.8 Å². The van der Waals surface area contributed by atoms with E-state index in [1.165, 1.54) is 21.7 Å². The summed E-state index contributed by atoms with van der Waals surface area (Å²) in [6, 6.07) is 0. The Bertz CT molecular complexity index is 475. The fraction of sp³-hybridized carbons (Fsp3) is 0.182. The van der Waals surface area contributed by atoms with E-state index in [1.807, 2.05) is 24.8 Å². The average molecular weight is 200 g/mol. The molecule has 1 aliphatic rings. The van der Waals surface area contributed by atoms with Crippen LogP contribution in [0.1, 0.15) is 5.56 Å². The smallest absolute Gasteiger partial charge is 0.127 e. The first-order valence-electron chi connectivity index (χ1n) is 5.00. The highest BCUT2D eigenvalue weighted by atomic mass is 15.1. The number of nitrogens with zero attached hydrogens (tertiary/aromatic N) is 2. The number of fused-ring (bicyclic) bond motifs is 1. The normalized spacial score (nSPS) is 19.1. The van der Waals surface area contributed by atoms with Crippen LogP contribution >= 0.6 is 0 Å². The molecule has 0 aromatic carbocycles. The van der Waals surface area contributed by atoms with Crippen LogP contribution in [-0.2, 0) is 6.42 Å². The lowest BCUT2D eigenvalue weighted by Gasteiger charge is -2.12. The van der Waals surface area contributed by atoms with E-state index in [0.717, 1.165) is 18.5 Å². The van der Waals surface area contributed by atoms with Crippen LogP contribution in [0.3, 0.4) is 0 Å². The Hall–Kier alpha value is -1.68. The summed E-state index contributed by atoms with van der Waals surface area (Å²) in [6.45, 7) is 1.05. The first-order chi connectivity index (χ1) is 7.36. The zero-order valence-corrected chi connectivity index (χ0v) is 8.33. The van der Waals surface area contributed by atoms with Crippen molar-refractivity contribution in [3.63, 3.8) is 0 Å². The maximum Gasteiger partial charge on any atom is 0.127 e. The second-order valence-corrected chi connectivity index (χ2v) is 3.80. The number of aromatic amines is 1. The minimum absolute atomic E-state index is 1.05. The zero-order valence-electron chi connectivity index (χ0n) is 8.33. The molecular weight excluding hydrogens is 188 g/mol. The van der Waals surface area contributed by atoms with E-state index in [2.05, 4.69) is 22.2 Å². The van der Waals surface area contributed by atoms with Crippen LogP contribution in [0.5, 0.6) is 0 Å². The van der Waals surface area contributed by atoms with Crippen molar-refractivity contribution in [3.05, 3.63) is 37.4 Å². The van der Waals surface area contributed by atoms with Crippen LogP contribution in [0, 0.1) is 7.05 Å². The van der Waals surface area contributed by atoms with Gasteiger partial charge in [0.25, 0.3) is 0 Å². The van der Waals surface area contributed by atoms with Gasteiger partial charge in [-0.15, -0.1) is 7.05 Å². The van der Waals surface area contributed by atoms with Crippen molar-refractivity contribution >= 4 is 5.69 Å². The molecule has 2 N–H and O–H groups in total. The molecule has 0 saturated heterocycles. The third-order valence-corrected chi connectivity index (χ3v) is 2.92. The molecule has 76 valence electrons. The molecule has 0 radical (unpaired) electrons. The van der Waals surface area contributed by atoms with E-state index in [4.69, 9.17) is 0 Å². The summed E-state index contributed by atoms with van der Waals surface area (Å²) >= 11 is 0. The van der Waals surface area contributed by atoms with Gasteiger partial charge in [0.05, 0.1) is 18.9 Å². The summed E-state index contributed by atoms with van der Waals surface area (Å²) in [5.74, 6) is 0. The lowest BCUT2D eigenvalue weighted by Crippen LogP contribution is -3.00. The van der Waals surface area contributed by atoms with Crippen molar-refractivity contribution in [1.82, 2.24) is 15.2 Å². The average Bonchev–Trinajstić information content (AvgIpc) is 2.88. The Morgan fingerprint density at radius 3 is 3.07 bits per heavy atom. The highest BCUT2D eigenvalue weighted by Gasteiger charge is 2.21. The number of nitrogens with one attached hydrogen (secondary N) is 2. The molecule has 2 aromatic heterocycles. The van der Waals surface area contributed by atoms with E-state index in [9.17, 15) is 0 Å². The number of hydrogen-bond donors (Lipinski definition) is 2. The fourth-order valence-electron chi connectivity index (χ4n) is 2.12. The van der Waals surface area contributed by atoms with Gasteiger partial charge in [-0.2, -0.15) is 5.10 Å². The van der Waals surface area contributed by atoms with Crippen LogP contribution < -0.4 is 4.90 Å². The second kappa shape index (κ2) is 3.17. The van der Waals surface area contributed by atoms with Crippen LogP contribution in [0.2, 0.25) is 0 Å². The second-order valence-electron chi connectivity index (χ2n) is 3.80. The molecule has 1 aliphatic heterocycles. The van der Waals surface area contributed by atoms with Gasteiger partial charge < -0.3 is 4.90 Å². The lowest BCUT2D eigenvalue weighted by molar-refractivity contribution is -0.775. The van der Waals surface area contributed by atoms with Crippen molar-refractivity contribution in [2.24, 2.45) is 0 Å². The zero-order chi connectivity index (χ0) is 10.3. The van der Waals surface area contributed by atoms with Crippen molar-refractivity contribution in [2.75, 3.05) is 6.54 Å². The minimum Gasteiger partial charge on any atom is -0.433 e. The Labute approximate surface area is 88.0 Å². The molecule has 4 heteroatoms. The number of quaternary nitrogens is 1. The van der Waals surface area contributed by atoms with Gasteiger partial charge in [0, 0.05) is 35.5 Å². The summed E-state index contributed by atoms with van der Waals surface area (Å²) in [6.07, 6.45) is 8.62. The first-order valence-corrected chi connectivity index (χ1v) is 5.00. The van der Waals surface area contributed by atoms with Gasteiger partial charge >= 0.3 is 0 Å². The molecule has 0 spiro atoms. The summed E-state index contributed by atoms with van der Waals surface area (Å²) < 4.78 is 0. The fourth-order valence-corrected chi connectivity index (χ4v) is 2.12. The minimum atomic E-state index is 1.05. The molecule has 0 fully saturated rings. The third kappa shape index (κ3) is 1.26. The summed E-state index contributed by atoms with van der Waals surface area (Å²) in [5, 5.41) is 6.80. The molecule has 2 aromatic rings. The van der Waals surface area contributed by atoms with Crippen molar-refractivity contribution in [3.8, 4) is 11.1 Å². The Morgan fingerprint density at radius 2 is 2.27 bits per heavy atom. The largest absolute Gasteiger partial charge is 0.433 e. The molecule has 1 atom stereocenters. The van der Waals surface area contributed by atoms with E-state index in [0.29, 0.717) is 0 Å². The molecule has 0 aliphatic carbocycles. The van der Waals surface area contributed by atoms with Gasteiger partial charge in [-0.3, -0.25) is 10.1 Å². The van der Waals surface area contributed by atoms with Gasteiger partial charge in [0.2, 0.25) is 0 Å². The molecule has 0 saturated carbocycles. The number of H-pyrrole nitrogens is 1. The topological polar surface area (TPSA) is 46.0 Å². The molecule has 1 unspecified atom stereocenters. The summed E-state index contributed by atoms with van der Waals surface area (Å²) in [5.41, 5.74) is 4.86. The van der Waals surface area contributed by atoms with Crippen molar-refractivity contribution < 1.29 is 4.90 Å². The number of pyridine rings is 1. The highest BCUT2D eigenvalue weighted by molar-refractivity contribution is 5.69. The van der Waals surface area contributed by atoms with Crippen LogP contribution in [0.4, 0.5) is 5.69 Å². The Balaban J connectivity index is 2.18. The molecule has 0 bridgehead atoms. The van der Waals surface area contributed by atoms with Gasteiger partial charge in [0.15, 0.2) is 0 Å². The maximum atomic E-state index is 4.26. The third-order valence-electron chi connectivity index (χ3n) is 2.92. The van der Waals surface area contributed by atoms with Crippen molar-refractivity contribution in [1.29, 1.82) is 0 Å². The highest BCUT2D eigenvalue weighted by Crippen LogP contribution is 2.27. The Kier molecular flexibility index (Phi) is 1.82. The monoisotopic (exact) mass is 200 g/mol. The predicted molar refractivity (Wildman–Crippen MR) is 56.4 cm³/mol. The SMILES string of the molecule is [CH2-][NH+]1CCc2c(-c3cn[nH]c3)cncc21. The molecule has 0 amide bonds. The molecule has 3 heterocycles. The number of rotatable bonds is 1.